The highest BCUT2D eigenvalue weighted by atomic mass is 16.4. The lowest BCUT2D eigenvalue weighted by Crippen LogP contribution is -2.31. The molecule has 1 fully saturated rings. The van der Waals surface area contributed by atoms with E-state index in [2.05, 4.69) is 4.90 Å². The summed E-state index contributed by atoms with van der Waals surface area (Å²) in [6.45, 7) is 2.42. The fourth-order valence-corrected chi connectivity index (χ4v) is 2.39. The number of carboxylic acids is 1. The largest absolute Gasteiger partial charge is 0.508 e. The maximum Gasteiger partial charge on any atom is 0.304 e. The Kier molecular flexibility index (Phi) is 3.95. The monoisotopic (exact) mass is 265 g/mol. The van der Waals surface area contributed by atoms with Gasteiger partial charge >= 0.3 is 5.97 Å². The summed E-state index contributed by atoms with van der Waals surface area (Å²) >= 11 is 0. The van der Waals surface area contributed by atoms with Gasteiger partial charge in [0.25, 0.3) is 0 Å². The van der Waals surface area contributed by atoms with Gasteiger partial charge in [-0.25, -0.2) is 0 Å². The number of aromatic hydroxyl groups is 2. The Labute approximate surface area is 112 Å². The Balaban J connectivity index is 2.13. The van der Waals surface area contributed by atoms with Gasteiger partial charge in [-0.05, 0) is 25.8 Å². The highest BCUT2D eigenvalue weighted by Crippen LogP contribution is 2.37. The third-order valence-electron chi connectivity index (χ3n) is 3.56. The molecule has 5 heteroatoms. The van der Waals surface area contributed by atoms with E-state index in [1.165, 1.54) is 12.1 Å². The first-order valence-electron chi connectivity index (χ1n) is 6.48. The molecular weight excluding hydrogens is 246 g/mol. The first-order valence-corrected chi connectivity index (χ1v) is 6.48. The molecule has 0 spiro atoms. The van der Waals surface area contributed by atoms with Crippen LogP contribution in [0, 0.1) is 0 Å². The van der Waals surface area contributed by atoms with Crippen molar-refractivity contribution in [2.75, 3.05) is 6.54 Å². The van der Waals surface area contributed by atoms with E-state index >= 15 is 0 Å². The lowest BCUT2D eigenvalue weighted by atomic mass is 10.0. The molecule has 19 heavy (non-hydrogen) atoms. The van der Waals surface area contributed by atoms with Crippen LogP contribution in [0.25, 0.3) is 0 Å². The van der Waals surface area contributed by atoms with Gasteiger partial charge in [0.2, 0.25) is 0 Å². The molecule has 104 valence electrons. The second kappa shape index (κ2) is 5.48. The van der Waals surface area contributed by atoms with Crippen molar-refractivity contribution in [2.24, 2.45) is 0 Å². The lowest BCUT2D eigenvalue weighted by molar-refractivity contribution is -0.137. The van der Waals surface area contributed by atoms with Gasteiger partial charge in [-0.1, -0.05) is 6.07 Å². The average Bonchev–Trinajstić information content (AvgIpc) is 3.13. The minimum Gasteiger partial charge on any atom is -0.508 e. The quantitative estimate of drug-likeness (QED) is 0.734. The SMILES string of the molecule is CC(c1ccc(O)cc1O)N(CCC(=O)O)C1CC1. The maximum absolute atomic E-state index is 10.7. The molecule has 0 aliphatic heterocycles. The molecule has 0 heterocycles. The third kappa shape index (κ3) is 3.38. The predicted molar refractivity (Wildman–Crippen MR) is 70.2 cm³/mol. The van der Waals surface area contributed by atoms with Gasteiger partial charge in [0.15, 0.2) is 0 Å². The number of carbonyl (C=O) groups is 1. The third-order valence-corrected chi connectivity index (χ3v) is 3.56. The van der Waals surface area contributed by atoms with E-state index in [-0.39, 0.29) is 24.0 Å². The summed E-state index contributed by atoms with van der Waals surface area (Å²) in [5.41, 5.74) is 0.718. The Hall–Kier alpha value is -1.75. The van der Waals surface area contributed by atoms with Crippen LogP contribution < -0.4 is 0 Å². The first kappa shape index (κ1) is 13.7. The minimum atomic E-state index is -0.812. The van der Waals surface area contributed by atoms with Crippen LogP contribution >= 0.6 is 0 Å². The van der Waals surface area contributed by atoms with Crippen molar-refractivity contribution in [3.8, 4) is 11.5 Å². The van der Waals surface area contributed by atoms with Gasteiger partial charge in [0, 0.05) is 30.3 Å². The number of benzene rings is 1. The summed E-state index contributed by atoms with van der Waals surface area (Å²) in [5, 5.41) is 28.0. The molecule has 5 nitrogen and oxygen atoms in total. The average molecular weight is 265 g/mol. The minimum absolute atomic E-state index is 0.0250. The molecule has 0 bridgehead atoms. The van der Waals surface area contributed by atoms with Crippen LogP contribution in [0.15, 0.2) is 18.2 Å². The molecule has 0 amide bonds. The number of hydrogen-bond donors (Lipinski definition) is 3. The highest BCUT2D eigenvalue weighted by Gasteiger charge is 2.33. The van der Waals surface area contributed by atoms with Crippen molar-refractivity contribution >= 4 is 5.97 Å². The van der Waals surface area contributed by atoms with Crippen molar-refractivity contribution in [3.63, 3.8) is 0 Å². The number of phenols is 2. The molecular formula is C14H19NO4. The van der Waals surface area contributed by atoms with Gasteiger partial charge in [0.05, 0.1) is 6.42 Å². The molecule has 1 saturated carbocycles. The molecule has 3 N–H and O–H groups in total. The fourth-order valence-electron chi connectivity index (χ4n) is 2.39. The van der Waals surface area contributed by atoms with Crippen molar-refractivity contribution in [2.45, 2.75) is 38.3 Å². The summed E-state index contributed by atoms with van der Waals surface area (Å²) in [4.78, 5) is 12.8. The summed E-state index contributed by atoms with van der Waals surface area (Å²) in [5.74, 6) is -0.738. The molecule has 2 rings (SSSR count). The van der Waals surface area contributed by atoms with Crippen LogP contribution in [0.4, 0.5) is 0 Å². The van der Waals surface area contributed by atoms with E-state index in [4.69, 9.17) is 5.11 Å². The Morgan fingerprint density at radius 2 is 2.11 bits per heavy atom. The zero-order valence-corrected chi connectivity index (χ0v) is 10.9. The molecule has 0 aromatic heterocycles. The maximum atomic E-state index is 10.7. The normalized spacial score (nSPS) is 16.5. The van der Waals surface area contributed by atoms with E-state index in [9.17, 15) is 15.0 Å². The smallest absolute Gasteiger partial charge is 0.304 e. The second-order valence-electron chi connectivity index (χ2n) is 5.03. The molecule has 1 aromatic carbocycles. The number of carboxylic acid groups (broad SMARTS) is 1. The molecule has 1 unspecified atom stereocenters. The van der Waals surface area contributed by atoms with Crippen molar-refractivity contribution in [3.05, 3.63) is 23.8 Å². The Morgan fingerprint density at radius 1 is 1.42 bits per heavy atom. The number of hydrogen-bond acceptors (Lipinski definition) is 4. The molecule has 1 atom stereocenters. The van der Waals surface area contributed by atoms with Crippen LogP contribution in [0.2, 0.25) is 0 Å². The van der Waals surface area contributed by atoms with Crippen molar-refractivity contribution in [1.29, 1.82) is 0 Å². The first-order chi connectivity index (χ1) is 8.99. The zero-order chi connectivity index (χ0) is 14.0. The van der Waals surface area contributed by atoms with Gasteiger partial charge in [-0.2, -0.15) is 0 Å². The summed E-state index contributed by atoms with van der Waals surface area (Å²) in [7, 11) is 0. The summed E-state index contributed by atoms with van der Waals surface area (Å²) in [6.07, 6.45) is 2.24. The molecule has 0 saturated heterocycles. The molecule has 0 radical (unpaired) electrons. The van der Waals surface area contributed by atoms with Crippen molar-refractivity contribution < 1.29 is 20.1 Å². The zero-order valence-electron chi connectivity index (χ0n) is 10.9. The lowest BCUT2D eigenvalue weighted by Gasteiger charge is -2.29. The Bertz CT molecular complexity index is 471. The second-order valence-corrected chi connectivity index (χ2v) is 5.03. The number of aliphatic carboxylic acids is 1. The van der Waals surface area contributed by atoms with E-state index < -0.39 is 5.97 Å². The Morgan fingerprint density at radius 3 is 2.63 bits per heavy atom. The van der Waals surface area contributed by atoms with Gasteiger partial charge in [-0.3, -0.25) is 9.69 Å². The predicted octanol–water partition coefficient (Wildman–Crippen LogP) is 2.10. The summed E-state index contributed by atoms with van der Waals surface area (Å²) < 4.78 is 0. The number of phenolic OH excluding ortho intramolecular Hbond substituents is 2. The number of rotatable bonds is 6. The van der Waals surface area contributed by atoms with E-state index in [1.54, 1.807) is 6.07 Å². The van der Waals surface area contributed by atoms with Crippen LogP contribution in [-0.4, -0.2) is 38.8 Å². The molecule has 1 aliphatic rings. The molecule has 1 aliphatic carbocycles. The van der Waals surface area contributed by atoms with Crippen LogP contribution in [0.3, 0.4) is 0 Å². The van der Waals surface area contributed by atoms with Crippen LogP contribution in [0.5, 0.6) is 11.5 Å². The van der Waals surface area contributed by atoms with E-state index in [0.29, 0.717) is 12.6 Å². The highest BCUT2D eigenvalue weighted by molar-refractivity contribution is 5.66. The van der Waals surface area contributed by atoms with Gasteiger partial charge in [-0.15, -0.1) is 0 Å². The standard InChI is InChI=1S/C14H19NO4/c1-9(12-5-4-11(16)8-13(12)17)15(10-2-3-10)7-6-14(18)19/h4-5,8-10,16-17H,2-3,6-7H2,1H3,(H,18,19). The summed E-state index contributed by atoms with van der Waals surface area (Å²) in [6, 6.07) is 4.88. The van der Waals surface area contributed by atoms with E-state index in [1.807, 2.05) is 6.92 Å². The molecule has 1 aromatic rings. The fraction of sp³-hybridized carbons (Fsp3) is 0.500. The topological polar surface area (TPSA) is 81.0 Å². The van der Waals surface area contributed by atoms with Gasteiger partial charge in [0.1, 0.15) is 11.5 Å². The van der Waals surface area contributed by atoms with Crippen LogP contribution in [0.1, 0.15) is 37.8 Å². The van der Waals surface area contributed by atoms with Crippen LogP contribution in [-0.2, 0) is 4.79 Å². The van der Waals surface area contributed by atoms with E-state index in [0.717, 1.165) is 18.4 Å². The van der Waals surface area contributed by atoms with Gasteiger partial charge < -0.3 is 15.3 Å². The van der Waals surface area contributed by atoms with Crippen molar-refractivity contribution in [1.82, 2.24) is 4.90 Å². The number of nitrogens with zero attached hydrogens (tertiary/aromatic N) is 1.